The summed E-state index contributed by atoms with van der Waals surface area (Å²) in [7, 11) is 0. The molecule has 1 heterocycles. The van der Waals surface area contributed by atoms with Crippen LogP contribution in [-0.4, -0.2) is 11.3 Å². The van der Waals surface area contributed by atoms with E-state index in [1.807, 2.05) is 37.3 Å². The number of furan rings is 1. The molecule has 0 amide bonds. The lowest BCUT2D eigenvalue weighted by Gasteiger charge is -1.99. The van der Waals surface area contributed by atoms with Crippen LogP contribution in [0, 0.1) is 6.92 Å². The molecular weight excluding hydrogens is 330 g/mol. The zero-order valence-corrected chi connectivity index (χ0v) is 14.0. The van der Waals surface area contributed by atoms with Crippen LogP contribution in [0.15, 0.2) is 63.0 Å². The minimum atomic E-state index is 0.133. The van der Waals surface area contributed by atoms with Gasteiger partial charge in [0.1, 0.15) is 17.2 Å². The molecule has 0 fully saturated rings. The van der Waals surface area contributed by atoms with E-state index in [-0.39, 0.29) is 5.75 Å². The second-order valence-electron chi connectivity index (χ2n) is 5.13. The normalized spacial score (nSPS) is 11.3. The van der Waals surface area contributed by atoms with Crippen molar-refractivity contribution in [2.75, 3.05) is 0 Å². The fourth-order valence-corrected chi connectivity index (χ4v) is 2.47. The Balaban J connectivity index is 1.90. The van der Waals surface area contributed by atoms with Crippen molar-refractivity contribution < 1.29 is 9.52 Å². The van der Waals surface area contributed by atoms with Crippen LogP contribution in [0.1, 0.15) is 11.1 Å². The topological polar surface area (TPSA) is 45.7 Å². The van der Waals surface area contributed by atoms with Gasteiger partial charge in [-0.1, -0.05) is 17.7 Å². The molecule has 0 spiro atoms. The van der Waals surface area contributed by atoms with Crippen LogP contribution in [0.4, 0.5) is 5.69 Å². The van der Waals surface area contributed by atoms with Gasteiger partial charge in [0, 0.05) is 22.4 Å². The molecule has 5 heteroatoms. The molecule has 0 aliphatic heterocycles. The van der Waals surface area contributed by atoms with Crippen molar-refractivity contribution >= 4 is 36.1 Å². The summed E-state index contributed by atoms with van der Waals surface area (Å²) < 4.78 is 5.65. The molecule has 0 saturated carbocycles. The average Bonchev–Trinajstić information content (AvgIpc) is 2.90. The monoisotopic (exact) mass is 343 g/mol. The van der Waals surface area contributed by atoms with Gasteiger partial charge in [-0.05, 0) is 55.0 Å². The highest BCUT2D eigenvalue weighted by Crippen LogP contribution is 2.30. The van der Waals surface area contributed by atoms with E-state index in [0.29, 0.717) is 21.6 Å². The average molecular weight is 344 g/mol. The Labute approximate surface area is 144 Å². The standard InChI is InChI=1S/C18H14ClNO2S/c1-11-2-7-16(21)15(8-11)20-10-13-9-17(22-18(13)23)12-3-5-14(19)6-4-12/h2-10,21,23H,1H3. The second kappa shape index (κ2) is 6.52. The van der Waals surface area contributed by atoms with Gasteiger partial charge in [0.2, 0.25) is 0 Å². The van der Waals surface area contributed by atoms with Crippen LogP contribution in [0.5, 0.6) is 5.75 Å². The molecule has 3 aromatic rings. The smallest absolute Gasteiger partial charge is 0.166 e. The van der Waals surface area contributed by atoms with E-state index < -0.39 is 0 Å². The number of thiol groups is 1. The van der Waals surface area contributed by atoms with Crippen LogP contribution in [0.2, 0.25) is 5.02 Å². The predicted octanol–water partition coefficient (Wildman–Crippen LogP) is 5.65. The summed E-state index contributed by atoms with van der Waals surface area (Å²) in [5.41, 5.74) is 3.17. The lowest BCUT2D eigenvalue weighted by molar-refractivity contribution is 0.476. The Hall–Kier alpha value is -2.17. The molecular formula is C18H14ClNO2S. The molecule has 116 valence electrons. The first-order valence-electron chi connectivity index (χ1n) is 6.95. The van der Waals surface area contributed by atoms with Gasteiger partial charge < -0.3 is 9.52 Å². The van der Waals surface area contributed by atoms with Gasteiger partial charge in [0.25, 0.3) is 0 Å². The molecule has 0 atom stereocenters. The number of halogens is 1. The van der Waals surface area contributed by atoms with E-state index in [9.17, 15) is 5.11 Å². The molecule has 0 unspecified atom stereocenters. The zero-order valence-electron chi connectivity index (χ0n) is 12.3. The Morgan fingerprint density at radius 1 is 1.13 bits per heavy atom. The van der Waals surface area contributed by atoms with E-state index in [4.69, 9.17) is 16.0 Å². The summed E-state index contributed by atoms with van der Waals surface area (Å²) in [6, 6.07) is 14.5. The lowest BCUT2D eigenvalue weighted by atomic mass is 10.1. The number of hydrogen-bond donors (Lipinski definition) is 2. The SMILES string of the molecule is Cc1ccc(O)c(N=Cc2cc(-c3ccc(Cl)cc3)oc2S)c1. The van der Waals surface area contributed by atoms with Crippen LogP contribution in [0.25, 0.3) is 11.3 Å². The largest absolute Gasteiger partial charge is 0.506 e. The van der Waals surface area contributed by atoms with E-state index in [1.54, 1.807) is 24.4 Å². The lowest BCUT2D eigenvalue weighted by Crippen LogP contribution is -1.78. The molecule has 3 nitrogen and oxygen atoms in total. The molecule has 1 aromatic heterocycles. The highest BCUT2D eigenvalue weighted by Gasteiger charge is 2.09. The third-order valence-corrected chi connectivity index (χ3v) is 3.94. The maximum atomic E-state index is 9.82. The number of rotatable bonds is 3. The first-order valence-corrected chi connectivity index (χ1v) is 7.78. The maximum absolute atomic E-state index is 9.82. The van der Waals surface area contributed by atoms with Crippen molar-refractivity contribution in [1.82, 2.24) is 0 Å². The van der Waals surface area contributed by atoms with Gasteiger partial charge in [0.15, 0.2) is 5.09 Å². The first kappa shape index (κ1) is 15.7. The fourth-order valence-electron chi connectivity index (χ4n) is 2.12. The van der Waals surface area contributed by atoms with Gasteiger partial charge >= 0.3 is 0 Å². The minimum Gasteiger partial charge on any atom is -0.506 e. The third kappa shape index (κ3) is 3.60. The van der Waals surface area contributed by atoms with Crippen LogP contribution < -0.4 is 0 Å². The summed E-state index contributed by atoms with van der Waals surface area (Å²) in [5.74, 6) is 0.815. The Morgan fingerprint density at radius 3 is 2.61 bits per heavy atom. The predicted molar refractivity (Wildman–Crippen MR) is 96.5 cm³/mol. The first-order chi connectivity index (χ1) is 11.0. The number of nitrogens with zero attached hydrogens (tertiary/aromatic N) is 1. The van der Waals surface area contributed by atoms with Crippen LogP contribution >= 0.6 is 24.2 Å². The molecule has 0 saturated heterocycles. The molecule has 0 aliphatic carbocycles. The third-order valence-electron chi connectivity index (χ3n) is 3.34. The van der Waals surface area contributed by atoms with Crippen molar-refractivity contribution in [3.63, 3.8) is 0 Å². The molecule has 0 aliphatic rings. The minimum absolute atomic E-state index is 0.133. The van der Waals surface area contributed by atoms with Gasteiger partial charge in [-0.2, -0.15) is 0 Å². The highest BCUT2D eigenvalue weighted by molar-refractivity contribution is 7.80. The number of aromatic hydroxyl groups is 1. The number of hydrogen-bond acceptors (Lipinski definition) is 4. The number of phenolic OH excluding ortho intramolecular Hbond substituents is 1. The molecule has 1 N–H and O–H groups in total. The summed E-state index contributed by atoms with van der Waals surface area (Å²) in [6.07, 6.45) is 1.62. The quantitative estimate of drug-likeness (QED) is 0.476. The van der Waals surface area contributed by atoms with Gasteiger partial charge in [-0.15, -0.1) is 12.6 Å². The van der Waals surface area contributed by atoms with Gasteiger partial charge in [-0.25, -0.2) is 0 Å². The Kier molecular flexibility index (Phi) is 4.46. The summed E-state index contributed by atoms with van der Waals surface area (Å²) >= 11 is 10.2. The molecule has 0 bridgehead atoms. The molecule has 3 rings (SSSR count). The van der Waals surface area contributed by atoms with E-state index >= 15 is 0 Å². The maximum Gasteiger partial charge on any atom is 0.166 e. The number of phenols is 1. The molecule has 0 radical (unpaired) electrons. The van der Waals surface area contributed by atoms with Crippen molar-refractivity contribution in [3.05, 3.63) is 64.7 Å². The van der Waals surface area contributed by atoms with Crippen molar-refractivity contribution in [1.29, 1.82) is 0 Å². The van der Waals surface area contributed by atoms with Crippen molar-refractivity contribution in [3.8, 4) is 17.1 Å². The number of aryl methyl sites for hydroxylation is 1. The summed E-state index contributed by atoms with van der Waals surface area (Å²) in [4.78, 5) is 4.31. The van der Waals surface area contributed by atoms with Crippen LogP contribution in [-0.2, 0) is 0 Å². The number of benzene rings is 2. The molecule has 23 heavy (non-hydrogen) atoms. The van der Waals surface area contributed by atoms with E-state index in [1.165, 1.54) is 0 Å². The number of aliphatic imine (C=N–C) groups is 1. The highest BCUT2D eigenvalue weighted by atomic mass is 35.5. The van der Waals surface area contributed by atoms with Gasteiger partial charge in [-0.3, -0.25) is 4.99 Å². The van der Waals surface area contributed by atoms with Crippen LogP contribution in [0.3, 0.4) is 0 Å². The van der Waals surface area contributed by atoms with Crippen molar-refractivity contribution in [2.24, 2.45) is 4.99 Å². The Bertz CT molecular complexity index is 869. The fraction of sp³-hybridized carbons (Fsp3) is 0.0556. The van der Waals surface area contributed by atoms with E-state index in [0.717, 1.165) is 16.7 Å². The Morgan fingerprint density at radius 2 is 1.87 bits per heavy atom. The van der Waals surface area contributed by atoms with E-state index in [2.05, 4.69) is 17.6 Å². The summed E-state index contributed by atoms with van der Waals surface area (Å²) in [6.45, 7) is 1.94. The summed E-state index contributed by atoms with van der Waals surface area (Å²) in [5, 5.41) is 11.0. The van der Waals surface area contributed by atoms with Gasteiger partial charge in [0.05, 0.1) is 0 Å². The molecule has 2 aromatic carbocycles. The van der Waals surface area contributed by atoms with Crippen molar-refractivity contribution in [2.45, 2.75) is 12.0 Å². The second-order valence-corrected chi connectivity index (χ2v) is 5.97. The zero-order chi connectivity index (χ0) is 16.4.